The number of benzene rings is 1. The minimum atomic E-state index is -3.35. The Bertz CT molecular complexity index is 826. The molecule has 3 rings (SSSR count). The minimum absolute atomic E-state index is 0.208. The predicted octanol–water partition coefficient (Wildman–Crippen LogP) is 1.72. The maximum Gasteiger partial charge on any atom is 0.243 e. The van der Waals surface area contributed by atoms with E-state index in [1.165, 1.54) is 46.4 Å². The van der Waals surface area contributed by atoms with Gasteiger partial charge in [-0.15, -0.1) is 0 Å². The number of ether oxygens (including phenoxy) is 2. The fraction of sp³-hybridized carbons (Fsp3) is 0.720. The highest BCUT2D eigenvalue weighted by Crippen LogP contribution is 2.29. The maximum absolute atomic E-state index is 12.6. The van der Waals surface area contributed by atoms with Crippen molar-refractivity contribution >= 4 is 16.3 Å². The van der Waals surface area contributed by atoms with Gasteiger partial charge < -0.3 is 24.1 Å². The van der Waals surface area contributed by atoms with Crippen LogP contribution in [-0.4, -0.2) is 128 Å². The lowest BCUT2D eigenvalue weighted by Gasteiger charge is -2.32. The van der Waals surface area contributed by atoms with Crippen LogP contribution >= 0.6 is 0 Å². The van der Waals surface area contributed by atoms with Crippen molar-refractivity contribution in [1.29, 1.82) is 0 Å². The lowest BCUT2D eigenvalue weighted by atomic mass is 10.1. The second kappa shape index (κ2) is 16.2. The van der Waals surface area contributed by atoms with Crippen LogP contribution in [0, 0.1) is 13.8 Å². The number of carbonyl (C=O) groups is 1. The Morgan fingerprint density at radius 1 is 0.971 bits per heavy atom. The van der Waals surface area contributed by atoms with Crippen LogP contribution in [0.4, 0.5) is 0 Å². The molecule has 0 atom stereocenters. The molecule has 2 fully saturated rings. The first-order valence-corrected chi connectivity index (χ1v) is 13.6. The molecule has 1 aromatic carbocycles. The van der Waals surface area contributed by atoms with E-state index in [9.17, 15) is 13.2 Å². The van der Waals surface area contributed by atoms with Gasteiger partial charge in [0.1, 0.15) is 18.6 Å². The molecule has 0 saturated carbocycles. The van der Waals surface area contributed by atoms with Crippen molar-refractivity contribution in [2.75, 3.05) is 94.3 Å². The smallest absolute Gasteiger partial charge is 0.243 e. The molecule has 2 saturated heterocycles. The van der Waals surface area contributed by atoms with Gasteiger partial charge in [0.25, 0.3) is 0 Å². The summed E-state index contributed by atoms with van der Waals surface area (Å²) < 4.78 is 36.2. The first-order chi connectivity index (χ1) is 16.6. The number of carbonyl (C=O) groups excluding carboxylic acids is 1. The number of rotatable bonds is 8. The summed E-state index contributed by atoms with van der Waals surface area (Å²) in [6.45, 7) is 12.5. The number of piperazine rings is 1. The summed E-state index contributed by atoms with van der Waals surface area (Å²) in [5.74, 6) is 0.699. The number of aldehydes is 1. The molecule has 0 N–H and O–H groups in total. The van der Waals surface area contributed by atoms with Crippen LogP contribution in [0.15, 0.2) is 17.0 Å². The summed E-state index contributed by atoms with van der Waals surface area (Å²) in [5, 5.41) is 0. The summed E-state index contributed by atoms with van der Waals surface area (Å²) in [4.78, 5) is 16.9. The summed E-state index contributed by atoms with van der Waals surface area (Å²) >= 11 is 0. The minimum Gasteiger partial charge on any atom is -0.497 e. The average molecular weight is 515 g/mol. The summed E-state index contributed by atoms with van der Waals surface area (Å²) in [6, 6.07) is 3.55. The number of hydrogen-bond donors (Lipinski definition) is 0. The van der Waals surface area contributed by atoms with E-state index in [0.717, 1.165) is 24.0 Å². The quantitative estimate of drug-likeness (QED) is 0.485. The summed E-state index contributed by atoms with van der Waals surface area (Å²) in [5.41, 5.74) is 1.50. The van der Waals surface area contributed by atoms with E-state index < -0.39 is 10.0 Å². The topological polar surface area (TPSA) is 82.6 Å². The third-order valence-electron chi connectivity index (χ3n) is 6.03. The van der Waals surface area contributed by atoms with Gasteiger partial charge in [0, 0.05) is 59.5 Å². The van der Waals surface area contributed by atoms with Gasteiger partial charge in [-0.05, 0) is 71.1 Å². The molecule has 0 radical (unpaired) electrons. The first kappa shape index (κ1) is 31.5. The van der Waals surface area contributed by atoms with E-state index in [0.29, 0.717) is 30.0 Å². The summed E-state index contributed by atoms with van der Waals surface area (Å²) in [7, 11) is 6.19. The Labute approximate surface area is 213 Å². The molecule has 9 nitrogen and oxygen atoms in total. The number of methoxy groups -OCH3 is 2. The van der Waals surface area contributed by atoms with Gasteiger partial charge in [0.2, 0.25) is 10.0 Å². The standard InChI is InChI=1S/C13H19NO3S.C9H21N3.C3H6O2/c1-10-8-12(17-3)9-11(2)13(10)18(15,16)14-6-4-5-7-14;1-10(2)4-7-12-8-5-11(3)6-9-12;1-5-3-2-4/h8-9H,4-7H2,1-3H3;4-9H2,1-3H3;2H,3H2,1H3. The molecule has 10 heteroatoms. The second-order valence-corrected chi connectivity index (χ2v) is 11.1. The van der Waals surface area contributed by atoms with Crippen LogP contribution in [0.1, 0.15) is 24.0 Å². The zero-order valence-corrected chi connectivity index (χ0v) is 23.6. The van der Waals surface area contributed by atoms with Crippen LogP contribution < -0.4 is 4.74 Å². The van der Waals surface area contributed by atoms with Crippen LogP contribution in [-0.2, 0) is 19.6 Å². The van der Waals surface area contributed by atoms with Gasteiger partial charge in [0.15, 0.2) is 0 Å². The zero-order chi connectivity index (χ0) is 26.4. The maximum atomic E-state index is 12.6. The fourth-order valence-corrected chi connectivity index (χ4v) is 5.90. The number of hydrogen-bond acceptors (Lipinski definition) is 8. The van der Waals surface area contributed by atoms with Gasteiger partial charge in [-0.2, -0.15) is 4.31 Å². The SMILES string of the molecule is CN(C)CCN1CCN(C)CC1.COCC=O.COc1cc(C)c(S(=O)(=O)N2CCCC2)c(C)c1. The molecular weight excluding hydrogens is 468 g/mol. The van der Waals surface area contributed by atoms with Gasteiger partial charge in [-0.1, -0.05) is 0 Å². The highest BCUT2D eigenvalue weighted by Gasteiger charge is 2.30. The number of nitrogens with zero attached hydrogens (tertiary/aromatic N) is 4. The molecule has 2 heterocycles. The normalized spacial score (nSPS) is 17.4. The molecule has 0 amide bonds. The number of aryl methyl sites for hydroxylation is 2. The van der Waals surface area contributed by atoms with Crippen molar-refractivity contribution in [3.63, 3.8) is 0 Å². The molecule has 1 aromatic rings. The molecule has 202 valence electrons. The van der Waals surface area contributed by atoms with Gasteiger partial charge in [-0.25, -0.2) is 8.42 Å². The van der Waals surface area contributed by atoms with Crippen molar-refractivity contribution < 1.29 is 22.7 Å². The van der Waals surface area contributed by atoms with E-state index in [2.05, 4.69) is 40.6 Å². The number of likely N-dealkylation sites (N-methyl/N-ethyl adjacent to an activating group) is 2. The molecule has 0 unspecified atom stereocenters. The van der Waals surface area contributed by atoms with E-state index >= 15 is 0 Å². The fourth-order valence-electron chi connectivity index (χ4n) is 3.97. The average Bonchev–Trinajstić information content (AvgIpc) is 3.35. The van der Waals surface area contributed by atoms with Crippen molar-refractivity contribution in [3.8, 4) is 5.75 Å². The molecule has 0 aromatic heterocycles. The van der Waals surface area contributed by atoms with Gasteiger partial charge in [0.05, 0.1) is 12.0 Å². The van der Waals surface area contributed by atoms with Crippen LogP contribution in [0.3, 0.4) is 0 Å². The Balaban J connectivity index is 0.000000310. The molecule has 2 aliphatic rings. The van der Waals surface area contributed by atoms with E-state index in [4.69, 9.17) is 4.74 Å². The number of sulfonamides is 1. The first-order valence-electron chi connectivity index (χ1n) is 12.2. The van der Waals surface area contributed by atoms with Crippen LogP contribution in [0.2, 0.25) is 0 Å². The molecule has 2 aliphatic heterocycles. The van der Waals surface area contributed by atoms with Crippen LogP contribution in [0.5, 0.6) is 5.75 Å². The van der Waals surface area contributed by atoms with Crippen LogP contribution in [0.25, 0.3) is 0 Å². The molecular formula is C25H46N4O5S. The molecule has 0 spiro atoms. The summed E-state index contributed by atoms with van der Waals surface area (Å²) in [6.07, 6.45) is 2.61. The highest BCUT2D eigenvalue weighted by molar-refractivity contribution is 7.89. The predicted molar refractivity (Wildman–Crippen MR) is 141 cm³/mol. The Hall–Kier alpha value is -1.56. The second-order valence-electron chi connectivity index (χ2n) is 9.27. The molecule has 35 heavy (non-hydrogen) atoms. The Morgan fingerprint density at radius 2 is 1.51 bits per heavy atom. The van der Waals surface area contributed by atoms with E-state index in [1.54, 1.807) is 23.5 Å². The van der Waals surface area contributed by atoms with E-state index in [-0.39, 0.29) is 6.61 Å². The van der Waals surface area contributed by atoms with Crippen molar-refractivity contribution in [2.24, 2.45) is 0 Å². The lowest BCUT2D eigenvalue weighted by molar-refractivity contribution is -0.110. The van der Waals surface area contributed by atoms with Gasteiger partial charge in [-0.3, -0.25) is 4.90 Å². The Kier molecular flexibility index (Phi) is 14.6. The van der Waals surface area contributed by atoms with Crippen molar-refractivity contribution in [3.05, 3.63) is 23.3 Å². The van der Waals surface area contributed by atoms with E-state index in [1.807, 2.05) is 13.8 Å². The van der Waals surface area contributed by atoms with Crippen molar-refractivity contribution in [1.82, 2.24) is 19.0 Å². The molecule has 0 bridgehead atoms. The van der Waals surface area contributed by atoms with Gasteiger partial charge >= 0.3 is 0 Å². The largest absolute Gasteiger partial charge is 0.497 e. The molecule has 0 aliphatic carbocycles. The van der Waals surface area contributed by atoms with Crippen molar-refractivity contribution in [2.45, 2.75) is 31.6 Å². The third-order valence-corrected chi connectivity index (χ3v) is 8.23. The zero-order valence-electron chi connectivity index (χ0n) is 22.7. The highest BCUT2D eigenvalue weighted by atomic mass is 32.2. The monoisotopic (exact) mass is 514 g/mol. The third kappa shape index (κ3) is 10.9. The Morgan fingerprint density at radius 3 is 1.91 bits per heavy atom. The lowest BCUT2D eigenvalue weighted by Crippen LogP contribution is -2.46.